The third kappa shape index (κ3) is 0.889. The van der Waals surface area contributed by atoms with Crippen LogP contribution in [0.3, 0.4) is 0 Å². The van der Waals surface area contributed by atoms with E-state index in [1.165, 1.54) is 0 Å². The molecule has 2 nitrogen and oxygen atoms in total. The molecule has 1 aliphatic rings. The van der Waals surface area contributed by atoms with Gasteiger partial charge in [0.25, 0.3) is 0 Å². The largest absolute Gasteiger partial charge is 0.312 e. The number of carbonyl (C=O) groups excluding carboxylic acids is 1. The van der Waals surface area contributed by atoms with Crippen molar-refractivity contribution < 1.29 is 4.79 Å². The molecule has 0 saturated carbocycles. The van der Waals surface area contributed by atoms with Gasteiger partial charge in [-0.2, -0.15) is 0 Å². The molecule has 2 heteroatoms. The molecule has 1 aliphatic heterocycles. The monoisotopic (exact) mass is 97.1 g/mol. The van der Waals surface area contributed by atoms with E-state index in [0.717, 1.165) is 25.1 Å². The zero-order chi connectivity index (χ0) is 5.11. The van der Waals surface area contributed by atoms with Crippen LogP contribution in [0, 0.1) is 0 Å². The summed E-state index contributed by atoms with van der Waals surface area (Å²) in [7, 11) is 0. The molecule has 0 spiro atoms. The smallest absolute Gasteiger partial charge is 0.124 e. The molecule has 7 heavy (non-hydrogen) atoms. The molecule has 0 aromatic carbocycles. The Morgan fingerprint density at radius 1 is 1.71 bits per heavy atom. The third-order valence-corrected chi connectivity index (χ3v) is 1.09. The van der Waals surface area contributed by atoms with Gasteiger partial charge in [-0.3, -0.25) is 0 Å². The van der Waals surface area contributed by atoms with E-state index in [0.29, 0.717) is 0 Å². The molecule has 1 N–H and O–H groups in total. The second-order valence-electron chi connectivity index (χ2n) is 1.63. The van der Waals surface area contributed by atoms with E-state index < -0.39 is 0 Å². The number of rotatable bonds is 0. The van der Waals surface area contributed by atoms with Crippen LogP contribution >= 0.6 is 0 Å². The highest BCUT2D eigenvalue weighted by Gasteiger charge is 2.03. The van der Waals surface area contributed by atoms with Crippen LogP contribution < -0.4 is 5.32 Å². The Hall–Kier alpha value is -0.590. The van der Waals surface area contributed by atoms with Gasteiger partial charge in [0, 0.05) is 12.1 Å². The zero-order valence-electron chi connectivity index (χ0n) is 4.03. The van der Waals surface area contributed by atoms with Gasteiger partial charge in [0.15, 0.2) is 0 Å². The number of hydrogen-bond donors (Lipinski definition) is 1. The second kappa shape index (κ2) is 1.92. The summed E-state index contributed by atoms with van der Waals surface area (Å²) < 4.78 is 0. The minimum absolute atomic E-state index is 0.753. The van der Waals surface area contributed by atoms with Gasteiger partial charge < -0.3 is 5.32 Å². The van der Waals surface area contributed by atoms with Crippen LogP contribution in [0.5, 0.6) is 0 Å². The van der Waals surface area contributed by atoms with E-state index in [9.17, 15) is 4.79 Å². The van der Waals surface area contributed by atoms with Crippen LogP contribution in [0.15, 0.2) is 5.57 Å². The van der Waals surface area contributed by atoms with Gasteiger partial charge in [-0.1, -0.05) is 0 Å². The van der Waals surface area contributed by atoms with Crippen LogP contribution in [0.25, 0.3) is 0 Å². The quantitative estimate of drug-likeness (QED) is 0.422. The minimum atomic E-state index is 0.753. The number of hydrogen-bond acceptors (Lipinski definition) is 2. The van der Waals surface area contributed by atoms with Crippen molar-refractivity contribution in [2.24, 2.45) is 0 Å². The lowest BCUT2D eigenvalue weighted by atomic mass is 10.3. The fraction of sp³-hybridized carbons (Fsp3) is 0.600. The minimum Gasteiger partial charge on any atom is -0.312 e. The Kier molecular flexibility index (Phi) is 1.25. The van der Waals surface area contributed by atoms with Crippen LogP contribution in [0.2, 0.25) is 0 Å². The summed E-state index contributed by atoms with van der Waals surface area (Å²) >= 11 is 0. The summed E-state index contributed by atoms with van der Waals surface area (Å²) in [4.78, 5) is 9.81. The van der Waals surface area contributed by atoms with Crippen molar-refractivity contribution in [3.63, 3.8) is 0 Å². The molecular weight excluding hydrogens is 90.1 g/mol. The molecule has 0 atom stereocenters. The molecule has 0 unspecified atom stereocenters. The predicted molar refractivity (Wildman–Crippen MR) is 26.7 cm³/mol. The first-order valence-corrected chi connectivity index (χ1v) is 2.37. The molecule has 1 fully saturated rings. The van der Waals surface area contributed by atoms with Gasteiger partial charge in [-0.25, -0.2) is 4.79 Å². The first-order valence-electron chi connectivity index (χ1n) is 2.37. The lowest BCUT2D eigenvalue weighted by Crippen LogP contribution is -2.04. The second-order valence-corrected chi connectivity index (χ2v) is 1.63. The summed E-state index contributed by atoms with van der Waals surface area (Å²) in [5.74, 6) is 1.87. The summed E-state index contributed by atoms with van der Waals surface area (Å²) in [5.41, 5.74) is 0.875. The van der Waals surface area contributed by atoms with Crippen LogP contribution in [-0.4, -0.2) is 19.0 Å². The van der Waals surface area contributed by atoms with E-state index in [1.54, 1.807) is 0 Å². The molecule has 1 rings (SSSR count). The van der Waals surface area contributed by atoms with Crippen LogP contribution in [-0.2, 0) is 4.79 Å². The van der Waals surface area contributed by atoms with E-state index >= 15 is 0 Å². The average molecular weight is 97.1 g/mol. The average Bonchev–Trinajstić information content (AvgIpc) is 2.14. The van der Waals surface area contributed by atoms with Crippen molar-refractivity contribution in [3.05, 3.63) is 5.57 Å². The van der Waals surface area contributed by atoms with Gasteiger partial charge in [0.05, 0.1) is 0 Å². The fourth-order valence-electron chi connectivity index (χ4n) is 0.654. The summed E-state index contributed by atoms with van der Waals surface area (Å²) in [6.07, 6.45) is 0.892. The van der Waals surface area contributed by atoms with Gasteiger partial charge in [-0.15, -0.1) is 0 Å². The molecule has 1 saturated heterocycles. The Morgan fingerprint density at radius 3 is 2.86 bits per heavy atom. The Morgan fingerprint density at radius 2 is 2.57 bits per heavy atom. The van der Waals surface area contributed by atoms with Crippen molar-refractivity contribution in [2.75, 3.05) is 13.1 Å². The molecule has 0 aromatic heterocycles. The topological polar surface area (TPSA) is 29.1 Å². The Balaban J connectivity index is 2.57. The van der Waals surface area contributed by atoms with Gasteiger partial charge >= 0.3 is 0 Å². The standard InChI is InChI=1S/C5H7NO/c7-4-5-1-2-6-3-5/h6H,1-3H2. The fourth-order valence-corrected chi connectivity index (χ4v) is 0.654. The van der Waals surface area contributed by atoms with Crippen molar-refractivity contribution in [1.82, 2.24) is 5.32 Å². The maximum Gasteiger partial charge on any atom is 0.124 e. The summed E-state index contributed by atoms with van der Waals surface area (Å²) in [6.45, 7) is 1.70. The van der Waals surface area contributed by atoms with Crippen LogP contribution in [0.1, 0.15) is 6.42 Å². The molecule has 38 valence electrons. The molecule has 0 aliphatic carbocycles. The SMILES string of the molecule is O=C=C1CCNC1. The van der Waals surface area contributed by atoms with Crippen LogP contribution in [0.4, 0.5) is 0 Å². The Labute approximate surface area is 42.2 Å². The van der Waals surface area contributed by atoms with E-state index in [2.05, 4.69) is 5.32 Å². The normalized spacial score (nSPS) is 19.7. The van der Waals surface area contributed by atoms with Crippen molar-refractivity contribution in [2.45, 2.75) is 6.42 Å². The highest BCUT2D eigenvalue weighted by Crippen LogP contribution is 1.98. The van der Waals surface area contributed by atoms with E-state index in [-0.39, 0.29) is 0 Å². The molecule has 1 heterocycles. The maximum absolute atomic E-state index is 9.81. The van der Waals surface area contributed by atoms with Gasteiger partial charge in [-0.05, 0) is 13.0 Å². The maximum atomic E-state index is 9.81. The molecule has 0 radical (unpaired) electrons. The lowest BCUT2D eigenvalue weighted by Gasteiger charge is -1.77. The van der Waals surface area contributed by atoms with Gasteiger partial charge in [0.2, 0.25) is 0 Å². The molecule has 0 amide bonds. The highest BCUT2D eigenvalue weighted by molar-refractivity contribution is 5.53. The summed E-state index contributed by atoms with van der Waals surface area (Å²) in [6, 6.07) is 0. The molecule has 0 aromatic rings. The van der Waals surface area contributed by atoms with Crippen molar-refractivity contribution >= 4 is 5.94 Å². The first kappa shape index (κ1) is 4.57. The highest BCUT2D eigenvalue weighted by atomic mass is 16.1. The Bertz CT molecular complexity index is 105. The third-order valence-electron chi connectivity index (χ3n) is 1.09. The van der Waals surface area contributed by atoms with E-state index in [1.807, 2.05) is 5.94 Å². The predicted octanol–water partition coefficient (Wildman–Crippen LogP) is -0.262. The van der Waals surface area contributed by atoms with Crippen molar-refractivity contribution in [3.8, 4) is 0 Å². The zero-order valence-corrected chi connectivity index (χ0v) is 4.03. The van der Waals surface area contributed by atoms with Gasteiger partial charge in [0.1, 0.15) is 5.94 Å². The molecule has 0 bridgehead atoms. The summed E-state index contributed by atoms with van der Waals surface area (Å²) in [5, 5.41) is 3.02. The van der Waals surface area contributed by atoms with E-state index in [4.69, 9.17) is 0 Å². The van der Waals surface area contributed by atoms with Crippen molar-refractivity contribution in [1.29, 1.82) is 0 Å². The number of nitrogens with one attached hydrogen (secondary N) is 1. The lowest BCUT2D eigenvalue weighted by molar-refractivity contribution is 0.566. The molecular formula is C5H7NO. The first-order chi connectivity index (χ1) is 3.43.